The number of nitrogens with one attached hydrogen (secondary N) is 1. The summed E-state index contributed by atoms with van der Waals surface area (Å²) < 4.78 is 92.0. The molecule has 2 saturated carbocycles. The highest BCUT2D eigenvalue weighted by Gasteiger charge is 2.65. The van der Waals surface area contributed by atoms with Crippen LogP contribution in [0, 0.1) is 23.7 Å². The number of nitrogens with zero attached hydrogens (tertiary/aromatic N) is 1. The van der Waals surface area contributed by atoms with Crippen molar-refractivity contribution in [2.24, 2.45) is 11.8 Å². The van der Waals surface area contributed by atoms with E-state index in [1.807, 2.05) is 181 Å². The van der Waals surface area contributed by atoms with Crippen LogP contribution in [-0.4, -0.2) is 10.7 Å². The van der Waals surface area contributed by atoms with Crippen molar-refractivity contribution in [2.45, 2.75) is 66.9 Å². The quantitative estimate of drug-likeness (QED) is 0.0866. The van der Waals surface area contributed by atoms with E-state index in [2.05, 4.69) is 23.2 Å². The molecule has 12 rings (SSSR count). The van der Waals surface area contributed by atoms with Gasteiger partial charge in [0, 0.05) is 38.3 Å². The van der Waals surface area contributed by atoms with Crippen molar-refractivity contribution in [3.8, 4) is 11.8 Å². The van der Waals surface area contributed by atoms with E-state index in [-0.39, 0.29) is 27.8 Å². The van der Waals surface area contributed by atoms with E-state index in [4.69, 9.17) is 23.2 Å². The number of fused-ring (bicyclic) bond motifs is 5. The molecule has 7 aromatic carbocycles. The molecule has 1 aromatic heterocycles. The smallest absolute Gasteiger partial charge is 0.368 e. The van der Waals surface area contributed by atoms with E-state index >= 15 is 13.2 Å². The van der Waals surface area contributed by atoms with Gasteiger partial charge in [-0.2, -0.15) is 26.3 Å². The molecular weight excluding hydrogens is 994 g/mol. The number of allylic oxidation sites excluding steroid dienone is 6. The summed E-state index contributed by atoms with van der Waals surface area (Å²) in [4.78, 5) is 0. The van der Waals surface area contributed by atoms with Gasteiger partial charge in [-0.1, -0.05) is 217 Å². The summed E-state index contributed by atoms with van der Waals surface area (Å²) in [5.74, 6) is 5.57. The highest BCUT2D eigenvalue weighted by molar-refractivity contribution is 6.31. The third kappa shape index (κ3) is 8.49. The Kier molecular flexibility index (Phi) is 12.8. The Labute approximate surface area is 443 Å². The van der Waals surface area contributed by atoms with Gasteiger partial charge >= 0.3 is 12.4 Å². The van der Waals surface area contributed by atoms with Crippen molar-refractivity contribution < 1.29 is 26.3 Å². The van der Waals surface area contributed by atoms with Crippen LogP contribution in [0.25, 0.3) is 10.9 Å². The van der Waals surface area contributed by atoms with Crippen LogP contribution in [0.5, 0.6) is 0 Å². The molecule has 10 heteroatoms. The molecule has 0 saturated heterocycles. The molecule has 2 unspecified atom stereocenters. The predicted molar refractivity (Wildman–Crippen MR) is 290 cm³/mol. The maximum Gasteiger partial charge on any atom is 0.418 e. The van der Waals surface area contributed by atoms with Gasteiger partial charge in [0.15, 0.2) is 5.41 Å². The molecule has 2 fully saturated rings. The molecule has 2 heterocycles. The third-order valence-corrected chi connectivity index (χ3v) is 15.8. The van der Waals surface area contributed by atoms with E-state index in [9.17, 15) is 13.2 Å². The van der Waals surface area contributed by atoms with E-state index in [1.54, 1.807) is 24.3 Å². The molecule has 1 aliphatic heterocycles. The molecule has 0 spiro atoms. The first-order chi connectivity index (χ1) is 36.1. The molecule has 376 valence electrons. The first-order valence-electron chi connectivity index (χ1n) is 25.1. The molecule has 0 radical (unpaired) electrons. The average molecular weight is 1040 g/mol. The van der Waals surface area contributed by atoms with Crippen LogP contribution in [0.2, 0.25) is 10.0 Å². The molecule has 2 atom stereocenters. The summed E-state index contributed by atoms with van der Waals surface area (Å²) in [7, 11) is 0. The largest absolute Gasteiger partial charge is 0.418 e. The number of halogens is 8. The monoisotopic (exact) mass is 1040 g/mol. The minimum absolute atomic E-state index is 0.00202. The number of rotatable bonds is 9. The predicted octanol–water partition coefficient (Wildman–Crippen LogP) is 17.8. The first-order valence-corrected chi connectivity index (χ1v) is 25.8. The Bertz CT molecular complexity index is 3410. The van der Waals surface area contributed by atoms with Gasteiger partial charge in [0.2, 0.25) is 0 Å². The van der Waals surface area contributed by atoms with Gasteiger partial charge in [0.05, 0.1) is 16.5 Å². The molecule has 75 heavy (non-hydrogen) atoms. The van der Waals surface area contributed by atoms with E-state index < -0.39 is 39.8 Å². The molecule has 8 aromatic rings. The minimum Gasteiger partial charge on any atom is -0.368 e. The van der Waals surface area contributed by atoms with Crippen molar-refractivity contribution in [1.29, 1.82) is 0 Å². The number of hydrogen-bond donors (Lipinski definition) is 1. The Morgan fingerprint density at radius 3 is 1.59 bits per heavy atom. The molecule has 1 N–H and O–H groups in total. The molecule has 2 nitrogen and oxygen atoms in total. The molecular formula is C65H50Cl2F6N2. The number of benzene rings is 7. The Morgan fingerprint density at radius 2 is 1.09 bits per heavy atom. The summed E-state index contributed by atoms with van der Waals surface area (Å²) in [6, 6.07) is 58.7. The number of anilines is 1. The summed E-state index contributed by atoms with van der Waals surface area (Å²) in [5, 5.41) is 4.26. The van der Waals surface area contributed by atoms with E-state index in [0.29, 0.717) is 21.9 Å². The number of aromatic nitrogens is 1. The van der Waals surface area contributed by atoms with Crippen molar-refractivity contribution in [1.82, 2.24) is 4.57 Å². The summed E-state index contributed by atoms with van der Waals surface area (Å²) in [5.41, 5.74) is 0.759. The maximum absolute atomic E-state index is 15.2. The van der Waals surface area contributed by atoms with Crippen LogP contribution in [-0.2, 0) is 28.1 Å². The van der Waals surface area contributed by atoms with Gasteiger partial charge in [0.1, 0.15) is 11.1 Å². The van der Waals surface area contributed by atoms with Crippen molar-refractivity contribution in [3.63, 3.8) is 0 Å². The fraction of sp³-hybridized carbons (Fsp3) is 0.200. The summed E-state index contributed by atoms with van der Waals surface area (Å²) in [6.07, 6.45) is 4.13. The van der Waals surface area contributed by atoms with Gasteiger partial charge in [-0.15, -0.1) is 0 Å². The maximum atomic E-state index is 15.2. The lowest BCUT2D eigenvalue weighted by Gasteiger charge is -2.40. The van der Waals surface area contributed by atoms with Gasteiger partial charge in [-0.05, 0) is 108 Å². The lowest BCUT2D eigenvalue weighted by Crippen LogP contribution is -2.42. The number of alkyl halides is 6. The Morgan fingerprint density at radius 1 is 0.587 bits per heavy atom. The van der Waals surface area contributed by atoms with Gasteiger partial charge in [-0.25, -0.2) is 0 Å². The average Bonchev–Trinajstić information content (AvgIpc) is 4.47. The van der Waals surface area contributed by atoms with Crippen LogP contribution in [0.3, 0.4) is 0 Å². The van der Waals surface area contributed by atoms with E-state index in [1.165, 1.54) is 12.1 Å². The SMILES string of the molecule is CC(C#CC1CC1)(c1cc(Cl)ccc1NC(c1ccccc1)(c1ccccc1)c1ccccc1)C(F)(F)F.FC(F)(F)c1c2n(c3ccc(Cl)cc13)C(c1ccccc1)(c1ccccc1)C1=CC=CC=CC12C1CC1. The zero-order valence-corrected chi connectivity index (χ0v) is 42.3. The zero-order chi connectivity index (χ0) is 52.2. The highest BCUT2D eigenvalue weighted by atomic mass is 35.5. The lowest BCUT2D eigenvalue weighted by molar-refractivity contribution is -0.167. The van der Waals surface area contributed by atoms with Crippen LogP contribution in [0.4, 0.5) is 32.0 Å². The van der Waals surface area contributed by atoms with Gasteiger partial charge in [0.25, 0.3) is 0 Å². The minimum atomic E-state index is -4.62. The fourth-order valence-corrected chi connectivity index (χ4v) is 12.0. The second kappa shape index (κ2) is 19.2. The van der Waals surface area contributed by atoms with Gasteiger partial charge < -0.3 is 9.88 Å². The molecule has 3 aliphatic carbocycles. The fourth-order valence-electron chi connectivity index (χ4n) is 11.7. The standard InChI is InChI=1S/C33H27ClF3N.C32H23ClF3N/c1-31(33(35,36)37,22-21-24-17-18-24)29-23-28(34)19-20-30(29)38-32(25-11-5-2-6-12-25,26-13-7-3-8-14-26)27-15-9-4-10-16-27;33-24-17-18-26-25(20-24)28(32(34,35)36)29-30(21-15-16-21)19-9-3-8-14-27(30)31(37(26)29,22-10-4-1-5-11-22)23-12-6-2-7-13-23/h2-16,19-20,23-24,38H,17-18H2,1H3;1-14,17-21H,15-16H2. The zero-order valence-electron chi connectivity index (χ0n) is 40.7. The summed E-state index contributed by atoms with van der Waals surface area (Å²) >= 11 is 12.7. The Balaban J connectivity index is 0.000000161. The van der Waals surface area contributed by atoms with E-state index in [0.717, 1.165) is 66.0 Å². The number of hydrogen-bond acceptors (Lipinski definition) is 1. The van der Waals surface area contributed by atoms with Crippen LogP contribution < -0.4 is 5.32 Å². The van der Waals surface area contributed by atoms with Crippen molar-refractivity contribution in [3.05, 3.63) is 279 Å². The van der Waals surface area contributed by atoms with Crippen LogP contribution >= 0.6 is 23.2 Å². The molecule has 0 amide bonds. The summed E-state index contributed by atoms with van der Waals surface area (Å²) in [6.45, 7) is 1.15. The van der Waals surface area contributed by atoms with Crippen molar-refractivity contribution in [2.75, 3.05) is 5.32 Å². The second-order valence-corrected chi connectivity index (χ2v) is 20.8. The van der Waals surface area contributed by atoms with Gasteiger partial charge in [-0.3, -0.25) is 0 Å². The normalized spacial score (nSPS) is 18.5. The van der Waals surface area contributed by atoms with Crippen LogP contribution in [0.1, 0.15) is 77.2 Å². The first kappa shape index (κ1) is 50.0. The lowest BCUT2D eigenvalue weighted by atomic mass is 9.64. The molecule has 4 aliphatic rings. The Hall–Kier alpha value is -7.18. The van der Waals surface area contributed by atoms with Crippen molar-refractivity contribution >= 4 is 39.8 Å². The third-order valence-electron chi connectivity index (χ3n) is 15.4. The molecule has 0 bridgehead atoms. The second-order valence-electron chi connectivity index (χ2n) is 20.0. The van der Waals surface area contributed by atoms with Crippen LogP contribution in [0.15, 0.2) is 224 Å². The topological polar surface area (TPSA) is 17.0 Å². The highest BCUT2D eigenvalue weighted by Crippen LogP contribution is 2.68.